The minimum Gasteiger partial charge on any atom is -0.493 e. The lowest BCUT2D eigenvalue weighted by Gasteiger charge is -2.12. The summed E-state index contributed by atoms with van der Waals surface area (Å²) in [7, 11) is 3.25. The minimum absolute atomic E-state index is 0.498. The maximum Gasteiger partial charge on any atom is 0.204 e. The number of hydrazone groups is 1. The Morgan fingerprint density at radius 1 is 0.848 bits per heavy atom. The number of nitrogens with zero attached hydrogens (tertiary/aromatic N) is 2. The molecule has 0 unspecified atom stereocenters. The quantitative estimate of drug-likeness (QED) is 0.177. The molecule has 4 aromatic rings. The lowest BCUT2D eigenvalue weighted by Crippen LogP contribution is -2.06. The first-order chi connectivity index (χ1) is 16.3. The maximum atomic E-state index is 5.88. The van der Waals surface area contributed by atoms with E-state index in [1.807, 2.05) is 66.7 Å². The highest BCUT2D eigenvalue weighted by atomic mass is 32.1. The highest BCUT2D eigenvalue weighted by Crippen LogP contribution is 2.29. The van der Waals surface area contributed by atoms with Crippen LogP contribution in [0, 0.1) is 0 Å². The zero-order valence-corrected chi connectivity index (χ0v) is 19.3. The van der Waals surface area contributed by atoms with Gasteiger partial charge in [0.25, 0.3) is 0 Å². The third kappa shape index (κ3) is 5.93. The molecule has 0 aliphatic heterocycles. The molecule has 170 valence electrons. The van der Waals surface area contributed by atoms with E-state index >= 15 is 0 Å². The minimum atomic E-state index is 0.498. The zero-order valence-electron chi connectivity index (χ0n) is 18.5. The molecule has 0 aliphatic rings. The second kappa shape index (κ2) is 11.2. The van der Waals surface area contributed by atoms with Crippen LogP contribution in [0.5, 0.6) is 23.0 Å². The summed E-state index contributed by atoms with van der Waals surface area (Å²) >= 11 is 1.56. The molecule has 0 saturated heterocycles. The Balaban J connectivity index is 1.27. The third-order valence-corrected chi connectivity index (χ3v) is 5.67. The smallest absolute Gasteiger partial charge is 0.204 e. The molecule has 33 heavy (non-hydrogen) atoms. The van der Waals surface area contributed by atoms with E-state index in [9.17, 15) is 0 Å². The van der Waals surface area contributed by atoms with Crippen molar-refractivity contribution in [2.24, 2.45) is 5.10 Å². The van der Waals surface area contributed by atoms with Gasteiger partial charge in [-0.3, -0.25) is 5.43 Å². The highest BCUT2D eigenvalue weighted by Gasteiger charge is 2.07. The van der Waals surface area contributed by atoms with E-state index in [-0.39, 0.29) is 0 Å². The lowest BCUT2D eigenvalue weighted by atomic mass is 10.2. The molecule has 4 rings (SSSR count). The largest absolute Gasteiger partial charge is 0.493 e. The van der Waals surface area contributed by atoms with Gasteiger partial charge in [-0.1, -0.05) is 35.6 Å². The molecule has 0 fully saturated rings. The summed E-state index contributed by atoms with van der Waals surface area (Å²) in [5, 5.41) is 5.04. The number of benzene rings is 3. The second-order valence-corrected chi connectivity index (χ2v) is 8.00. The first kappa shape index (κ1) is 22.4. The Morgan fingerprint density at radius 2 is 1.55 bits per heavy atom. The van der Waals surface area contributed by atoms with Gasteiger partial charge in [0.15, 0.2) is 23.0 Å². The molecule has 3 aromatic carbocycles. The number of ether oxygens (including phenoxy) is 4. The number of rotatable bonds is 11. The zero-order chi connectivity index (χ0) is 22.9. The van der Waals surface area contributed by atoms with Crippen LogP contribution in [0.25, 0.3) is 10.2 Å². The van der Waals surface area contributed by atoms with E-state index in [2.05, 4.69) is 15.5 Å². The van der Waals surface area contributed by atoms with Crippen molar-refractivity contribution in [3.63, 3.8) is 0 Å². The predicted molar refractivity (Wildman–Crippen MR) is 132 cm³/mol. The van der Waals surface area contributed by atoms with Crippen LogP contribution in [-0.4, -0.2) is 38.6 Å². The number of aromatic nitrogens is 1. The van der Waals surface area contributed by atoms with Gasteiger partial charge in [0, 0.05) is 6.42 Å². The van der Waals surface area contributed by atoms with Crippen LogP contribution in [0.2, 0.25) is 0 Å². The molecule has 0 aliphatic carbocycles. The molecule has 0 bridgehead atoms. The predicted octanol–water partition coefficient (Wildman–Crippen LogP) is 5.61. The van der Waals surface area contributed by atoms with Crippen molar-refractivity contribution in [3.05, 3.63) is 72.3 Å². The van der Waals surface area contributed by atoms with Crippen molar-refractivity contribution in [2.75, 3.05) is 32.9 Å². The van der Waals surface area contributed by atoms with E-state index in [4.69, 9.17) is 18.9 Å². The van der Waals surface area contributed by atoms with Gasteiger partial charge in [-0.15, -0.1) is 0 Å². The fourth-order valence-corrected chi connectivity index (χ4v) is 3.94. The third-order valence-electron chi connectivity index (χ3n) is 4.73. The van der Waals surface area contributed by atoms with E-state index in [0.717, 1.165) is 38.8 Å². The van der Waals surface area contributed by atoms with Crippen LogP contribution in [0.4, 0.5) is 5.13 Å². The molecular formula is C25H25N3O4S. The van der Waals surface area contributed by atoms with E-state index in [1.54, 1.807) is 31.8 Å². The molecule has 0 spiro atoms. The summed E-state index contributed by atoms with van der Waals surface area (Å²) in [6.45, 7) is 1.02. The molecule has 7 nitrogen and oxygen atoms in total. The fourth-order valence-electron chi connectivity index (χ4n) is 3.13. The van der Waals surface area contributed by atoms with E-state index in [0.29, 0.717) is 24.7 Å². The van der Waals surface area contributed by atoms with Crippen LogP contribution in [0.1, 0.15) is 12.0 Å². The van der Waals surface area contributed by atoms with E-state index in [1.165, 1.54) is 0 Å². The molecule has 0 atom stereocenters. The number of nitrogens with one attached hydrogen (secondary N) is 1. The molecule has 0 amide bonds. The Kier molecular flexibility index (Phi) is 7.60. The molecule has 0 radical (unpaired) electrons. The molecule has 1 heterocycles. The first-order valence-electron chi connectivity index (χ1n) is 10.5. The van der Waals surface area contributed by atoms with Gasteiger partial charge in [-0.05, 0) is 48.0 Å². The Hall–Kier alpha value is -3.78. The van der Waals surface area contributed by atoms with Crippen molar-refractivity contribution in [1.82, 2.24) is 4.98 Å². The van der Waals surface area contributed by atoms with Gasteiger partial charge in [0.05, 0.1) is 43.9 Å². The number of anilines is 1. The van der Waals surface area contributed by atoms with Crippen molar-refractivity contribution in [3.8, 4) is 23.0 Å². The number of hydrogen-bond acceptors (Lipinski definition) is 8. The Bertz CT molecular complexity index is 1190. The van der Waals surface area contributed by atoms with Gasteiger partial charge in [0.2, 0.25) is 5.13 Å². The molecular weight excluding hydrogens is 438 g/mol. The normalized spacial score (nSPS) is 11.0. The SMILES string of the molecule is COc1ccccc1OCCCOc1ccc(/C=N\Nc2nc3ccccc3s2)cc1OC. The van der Waals surface area contributed by atoms with Crippen LogP contribution in [0.3, 0.4) is 0 Å². The summed E-state index contributed by atoms with van der Waals surface area (Å²) in [5.41, 5.74) is 4.82. The summed E-state index contributed by atoms with van der Waals surface area (Å²) in [6, 6.07) is 21.2. The summed E-state index contributed by atoms with van der Waals surface area (Å²) < 4.78 is 23.5. The van der Waals surface area contributed by atoms with Crippen molar-refractivity contribution >= 4 is 32.9 Å². The van der Waals surface area contributed by atoms with Crippen molar-refractivity contribution < 1.29 is 18.9 Å². The van der Waals surface area contributed by atoms with Crippen molar-refractivity contribution in [2.45, 2.75) is 6.42 Å². The van der Waals surface area contributed by atoms with E-state index < -0.39 is 0 Å². The van der Waals surface area contributed by atoms with Gasteiger partial charge >= 0.3 is 0 Å². The standard InChI is InChI=1S/C25H25N3O4S/c1-29-20-9-4-5-10-21(20)31-14-7-15-32-22-13-12-18(16-23(22)30-2)17-26-28-25-27-19-8-3-6-11-24(19)33-25/h3-6,8-13,16-17H,7,14-15H2,1-2H3,(H,27,28)/b26-17-. The number of para-hydroxylation sites is 3. The Labute approximate surface area is 196 Å². The van der Waals surface area contributed by atoms with Crippen LogP contribution >= 0.6 is 11.3 Å². The van der Waals surface area contributed by atoms with Gasteiger partial charge < -0.3 is 18.9 Å². The number of hydrogen-bond donors (Lipinski definition) is 1. The maximum absolute atomic E-state index is 5.88. The number of fused-ring (bicyclic) bond motifs is 1. The number of thiazole rings is 1. The van der Waals surface area contributed by atoms with Gasteiger partial charge in [0.1, 0.15) is 0 Å². The average Bonchev–Trinajstić information content (AvgIpc) is 3.27. The van der Waals surface area contributed by atoms with Gasteiger partial charge in [-0.25, -0.2) is 4.98 Å². The lowest BCUT2D eigenvalue weighted by molar-refractivity contribution is 0.234. The van der Waals surface area contributed by atoms with Crippen LogP contribution in [0.15, 0.2) is 71.8 Å². The highest BCUT2D eigenvalue weighted by molar-refractivity contribution is 7.22. The van der Waals surface area contributed by atoms with Crippen LogP contribution < -0.4 is 24.4 Å². The van der Waals surface area contributed by atoms with Gasteiger partial charge in [-0.2, -0.15) is 5.10 Å². The summed E-state index contributed by atoms with van der Waals surface area (Å²) in [6.07, 6.45) is 2.44. The molecule has 0 saturated carbocycles. The fraction of sp³-hybridized carbons (Fsp3) is 0.200. The molecule has 8 heteroatoms. The molecule has 1 aromatic heterocycles. The first-order valence-corrected chi connectivity index (χ1v) is 11.3. The number of methoxy groups -OCH3 is 2. The second-order valence-electron chi connectivity index (χ2n) is 6.97. The average molecular weight is 464 g/mol. The summed E-state index contributed by atoms with van der Waals surface area (Å²) in [5.74, 6) is 2.76. The van der Waals surface area contributed by atoms with Crippen molar-refractivity contribution in [1.29, 1.82) is 0 Å². The topological polar surface area (TPSA) is 74.2 Å². The Morgan fingerprint density at radius 3 is 2.30 bits per heavy atom. The summed E-state index contributed by atoms with van der Waals surface area (Å²) in [4.78, 5) is 4.50. The van der Waals surface area contributed by atoms with Crippen LogP contribution in [-0.2, 0) is 0 Å². The molecule has 1 N–H and O–H groups in total. The monoisotopic (exact) mass is 463 g/mol.